The molecule has 0 aliphatic carbocycles. The summed E-state index contributed by atoms with van der Waals surface area (Å²) in [6.07, 6.45) is -8.93. The highest BCUT2D eigenvalue weighted by molar-refractivity contribution is 7.66. The lowest BCUT2D eigenvalue weighted by Crippen LogP contribution is -2.63. The van der Waals surface area contributed by atoms with Crippen molar-refractivity contribution in [2.24, 2.45) is 0 Å². The van der Waals surface area contributed by atoms with Crippen LogP contribution in [0.1, 0.15) is 13.2 Å². The molecular formula is C18H31N6O19P3. The molecule has 2 saturated heterocycles. The molecule has 2 aromatic rings. The number of nitrogens with one attached hydrogen (secondary N) is 1. The molecule has 0 saturated carbocycles. The zero-order valence-corrected chi connectivity index (χ0v) is 25.8. The third-order valence-electron chi connectivity index (χ3n) is 6.09. The Morgan fingerprint density at radius 1 is 0.935 bits per heavy atom. The van der Waals surface area contributed by atoms with Crippen molar-refractivity contribution in [1.29, 1.82) is 0 Å². The lowest BCUT2D eigenvalue weighted by atomic mass is 9.97. The van der Waals surface area contributed by atoms with Gasteiger partial charge >= 0.3 is 23.5 Å². The molecule has 3 unspecified atom stereocenters. The molecule has 2 aromatic heterocycles. The summed E-state index contributed by atoms with van der Waals surface area (Å²) in [7, 11) is -16.7. The van der Waals surface area contributed by atoms with Gasteiger partial charge in [0.1, 0.15) is 54.5 Å². The average Bonchev–Trinajstić information content (AvgIpc) is 3.47. The second kappa shape index (κ2) is 15.0. The molecule has 28 heteroatoms. The third kappa shape index (κ3) is 9.73. The van der Waals surface area contributed by atoms with Gasteiger partial charge < -0.3 is 70.7 Å². The van der Waals surface area contributed by atoms with Crippen LogP contribution in [0.5, 0.6) is 0 Å². The highest BCUT2D eigenvalue weighted by Gasteiger charge is 2.47. The van der Waals surface area contributed by atoms with E-state index < -0.39 is 97.8 Å². The number of amides is 1. The molecule has 2 aliphatic heterocycles. The van der Waals surface area contributed by atoms with Crippen LogP contribution in [0, 0.1) is 0 Å². The summed E-state index contributed by atoms with van der Waals surface area (Å²) in [5.41, 5.74) is 6.00. The standard InChI is InChI=1S/C10H16N5O13P3.C8H15NO6/c11-8-5-9(13-2-12-8)15(3-14-5)10-7(17)6(16)4(26-10)1-25-30(21,22)28-31(23,24)27-29(18,19)20;1-3(11)9-5-7(13)6(12)4(2-10)15-8(5)14/h2-4,6-7,10,16-17H,1H2,(H,21,22)(H,23,24)(H2,11,12,13)(H2,18,19,20);4-8,10,12-14H,2H2,1H3,(H,9,11)/t4-,6-,7-,10-;4-,5-,6-,7-,8?/m11/s1. The van der Waals surface area contributed by atoms with Crippen molar-refractivity contribution in [3.8, 4) is 0 Å². The molecule has 4 heterocycles. The van der Waals surface area contributed by atoms with Crippen LogP contribution in [0.2, 0.25) is 0 Å². The van der Waals surface area contributed by atoms with Crippen molar-refractivity contribution >= 4 is 46.4 Å². The van der Waals surface area contributed by atoms with Crippen LogP contribution >= 0.6 is 23.5 Å². The molecule has 25 nitrogen and oxygen atoms in total. The Bertz CT molecular complexity index is 1510. The van der Waals surface area contributed by atoms with E-state index in [1.165, 1.54) is 17.8 Å². The van der Waals surface area contributed by atoms with Crippen LogP contribution in [-0.2, 0) is 41.1 Å². The highest BCUT2D eigenvalue weighted by atomic mass is 31.3. The Balaban J connectivity index is 0.000000322. The van der Waals surface area contributed by atoms with Gasteiger partial charge in [-0.3, -0.25) is 13.9 Å². The topological polar surface area (TPSA) is 398 Å². The van der Waals surface area contributed by atoms with Crippen molar-refractivity contribution in [2.45, 2.75) is 62.1 Å². The Morgan fingerprint density at radius 2 is 1.57 bits per heavy atom. The normalized spacial score (nSPS) is 32.6. The maximum absolute atomic E-state index is 11.8. The SMILES string of the molecule is CC(=O)N[C@H]1C(O)O[C@H](CO)[C@@H](O)[C@@H]1O.Nc1ncnc2c1ncn2[C@@H]1O[C@H](COP(=O)(O)OP(=O)(O)OP(=O)(O)O)[C@@H](O)[C@H]1O. The van der Waals surface area contributed by atoms with Crippen LogP contribution in [-0.4, -0.2) is 138 Å². The smallest absolute Gasteiger partial charge is 0.394 e. The molecular weight excluding hydrogens is 697 g/mol. The van der Waals surface area contributed by atoms with E-state index in [1.807, 2.05) is 0 Å². The highest BCUT2D eigenvalue weighted by Crippen LogP contribution is 2.66. The van der Waals surface area contributed by atoms with Crippen LogP contribution in [0.15, 0.2) is 12.7 Å². The Kier molecular flexibility index (Phi) is 12.5. The van der Waals surface area contributed by atoms with Gasteiger partial charge in [0.05, 0.1) is 19.5 Å². The molecule has 0 spiro atoms. The van der Waals surface area contributed by atoms with Crippen molar-refractivity contribution in [3.05, 3.63) is 12.7 Å². The van der Waals surface area contributed by atoms with Gasteiger partial charge in [-0.1, -0.05) is 0 Å². The second-order valence-electron chi connectivity index (χ2n) is 9.47. The first-order valence-electron chi connectivity index (χ1n) is 12.5. The number of carbonyl (C=O) groups is 1. The third-order valence-corrected chi connectivity index (χ3v) is 9.89. The van der Waals surface area contributed by atoms with E-state index in [2.05, 4.69) is 33.4 Å². The number of nitrogens with zero attached hydrogens (tertiary/aromatic N) is 4. The number of aromatic nitrogens is 4. The minimum atomic E-state index is -5.70. The monoisotopic (exact) mass is 728 g/mol. The fourth-order valence-corrected chi connectivity index (χ4v) is 7.14. The number of nitrogens with two attached hydrogens (primary N) is 1. The molecule has 2 fully saturated rings. The summed E-state index contributed by atoms with van der Waals surface area (Å²) in [6.45, 7) is -0.270. The number of nitrogen functional groups attached to an aromatic ring is 1. The average molecular weight is 728 g/mol. The van der Waals surface area contributed by atoms with Gasteiger partial charge in [-0.25, -0.2) is 28.6 Å². The largest absolute Gasteiger partial charge is 0.490 e. The summed E-state index contributed by atoms with van der Waals surface area (Å²) in [4.78, 5) is 58.0. The summed E-state index contributed by atoms with van der Waals surface area (Å²) in [5.74, 6) is -0.419. The van der Waals surface area contributed by atoms with Gasteiger partial charge in [0, 0.05) is 6.92 Å². The van der Waals surface area contributed by atoms with Crippen molar-refractivity contribution in [2.75, 3.05) is 18.9 Å². The number of carbonyl (C=O) groups excluding carboxylic acids is 1. The van der Waals surface area contributed by atoms with Crippen LogP contribution in [0.3, 0.4) is 0 Å². The lowest BCUT2D eigenvalue weighted by Gasteiger charge is -2.40. The van der Waals surface area contributed by atoms with Gasteiger partial charge in [0.25, 0.3) is 0 Å². The van der Waals surface area contributed by atoms with Crippen molar-refractivity contribution in [1.82, 2.24) is 24.8 Å². The van der Waals surface area contributed by atoms with Gasteiger partial charge in [0.15, 0.2) is 24.0 Å². The van der Waals surface area contributed by atoms with E-state index in [1.54, 1.807) is 0 Å². The number of fused-ring (bicyclic) bond motifs is 1. The minimum absolute atomic E-state index is 0.0426. The molecule has 46 heavy (non-hydrogen) atoms. The Morgan fingerprint density at radius 3 is 2.15 bits per heavy atom. The van der Waals surface area contributed by atoms with Gasteiger partial charge in [-0.15, -0.1) is 0 Å². The molecule has 262 valence electrons. The van der Waals surface area contributed by atoms with Gasteiger partial charge in [-0.05, 0) is 0 Å². The van der Waals surface area contributed by atoms with E-state index in [0.717, 1.165) is 6.33 Å². The number of ether oxygens (including phenoxy) is 2. The minimum Gasteiger partial charge on any atom is -0.394 e. The fourth-order valence-electron chi connectivity index (χ4n) is 4.11. The fraction of sp³-hybridized carbons (Fsp3) is 0.667. The molecule has 13 N–H and O–H groups in total. The van der Waals surface area contributed by atoms with E-state index in [0.29, 0.717) is 0 Å². The molecule has 0 aromatic carbocycles. The summed E-state index contributed by atoms with van der Waals surface area (Å²) < 4.78 is 56.7. The van der Waals surface area contributed by atoms with Crippen LogP contribution in [0.25, 0.3) is 11.2 Å². The zero-order valence-electron chi connectivity index (χ0n) is 23.1. The maximum atomic E-state index is 11.8. The van der Waals surface area contributed by atoms with Crippen molar-refractivity contribution in [3.63, 3.8) is 0 Å². The predicted molar refractivity (Wildman–Crippen MR) is 143 cm³/mol. The number of aliphatic hydroxyl groups excluding tert-OH is 6. The molecule has 11 atom stereocenters. The summed E-state index contributed by atoms with van der Waals surface area (Å²) in [6, 6.07) is -1.10. The Labute approximate surface area is 256 Å². The van der Waals surface area contributed by atoms with E-state index >= 15 is 0 Å². The van der Waals surface area contributed by atoms with Gasteiger partial charge in [0.2, 0.25) is 5.91 Å². The number of hydrogen-bond acceptors (Lipinski definition) is 19. The number of anilines is 1. The van der Waals surface area contributed by atoms with Crippen molar-refractivity contribution < 1.29 is 91.3 Å². The van der Waals surface area contributed by atoms with Gasteiger partial charge in [-0.2, -0.15) is 8.62 Å². The first kappa shape index (κ1) is 38.4. The summed E-state index contributed by atoms with van der Waals surface area (Å²) in [5, 5.41) is 59.8. The van der Waals surface area contributed by atoms with E-state index in [4.69, 9.17) is 35.0 Å². The van der Waals surface area contributed by atoms with Crippen LogP contribution < -0.4 is 11.1 Å². The van der Waals surface area contributed by atoms with Crippen LogP contribution in [0.4, 0.5) is 5.82 Å². The number of rotatable bonds is 10. The number of phosphoric ester groups is 1. The summed E-state index contributed by atoms with van der Waals surface area (Å²) >= 11 is 0. The first-order valence-corrected chi connectivity index (χ1v) is 17.0. The molecule has 2 aliphatic rings. The lowest BCUT2D eigenvalue weighted by molar-refractivity contribution is -0.253. The number of hydrogen-bond donors (Lipinski definition) is 12. The quantitative estimate of drug-likeness (QED) is 0.102. The molecule has 1 amide bonds. The molecule has 0 radical (unpaired) electrons. The number of phosphoric acid groups is 3. The molecule has 4 rings (SSSR count). The first-order chi connectivity index (χ1) is 21.2. The maximum Gasteiger partial charge on any atom is 0.490 e. The number of imidazole rings is 1. The Hall–Kier alpha value is -2.09. The van der Waals surface area contributed by atoms with E-state index in [9.17, 15) is 48.9 Å². The van der Waals surface area contributed by atoms with E-state index in [-0.39, 0.29) is 17.0 Å². The number of aliphatic hydroxyl groups is 6. The molecule has 0 bridgehead atoms. The predicted octanol–water partition coefficient (Wildman–Crippen LogP) is -4.71. The zero-order chi connectivity index (χ0) is 34.8. The second-order valence-corrected chi connectivity index (χ2v) is 13.9.